The first kappa shape index (κ1) is 20.8. The molecular weight excluding hydrogens is 478 g/mol. The minimum absolute atomic E-state index is 0.0394. The Morgan fingerprint density at radius 1 is 1.23 bits per heavy atom. The number of hydrogen-bond donors (Lipinski definition) is 1. The van der Waals surface area contributed by atoms with Crippen molar-refractivity contribution in [1.82, 2.24) is 0 Å². The second-order valence-corrected chi connectivity index (χ2v) is 6.89. The maximum Gasteiger partial charge on any atom is 0.419 e. The topological polar surface area (TPSA) is 30.5 Å². The van der Waals surface area contributed by atoms with Gasteiger partial charge in [0.05, 0.1) is 12.7 Å². The van der Waals surface area contributed by atoms with Crippen molar-refractivity contribution in [3.63, 3.8) is 0 Å². The van der Waals surface area contributed by atoms with Crippen LogP contribution in [0.4, 0.5) is 18.9 Å². The van der Waals surface area contributed by atoms with Crippen LogP contribution in [0.1, 0.15) is 23.6 Å². The van der Waals surface area contributed by atoms with Crippen LogP contribution in [0.15, 0.2) is 36.4 Å². The van der Waals surface area contributed by atoms with Gasteiger partial charge in [-0.05, 0) is 71.1 Å². The SMILES string of the molecule is CCc1ccc(OCc2c(I)cccc2NC(=S)OC)c(C(F)(F)F)c1. The van der Waals surface area contributed by atoms with Crippen molar-refractivity contribution in [2.75, 3.05) is 12.4 Å². The van der Waals surface area contributed by atoms with Crippen molar-refractivity contribution in [1.29, 1.82) is 0 Å². The smallest absolute Gasteiger partial charge is 0.419 e. The number of thiocarbonyl (C=S) groups is 1. The highest BCUT2D eigenvalue weighted by atomic mass is 127. The summed E-state index contributed by atoms with van der Waals surface area (Å²) in [5.41, 5.74) is 1.15. The molecule has 2 rings (SSSR count). The van der Waals surface area contributed by atoms with Crippen molar-refractivity contribution >= 4 is 45.7 Å². The number of ether oxygens (including phenoxy) is 2. The number of nitrogens with one attached hydrogen (secondary N) is 1. The quantitative estimate of drug-likeness (QED) is 0.420. The average Bonchev–Trinajstić information content (AvgIpc) is 2.60. The Hall–Kier alpha value is -1.55. The third-order valence-corrected chi connectivity index (χ3v) is 4.95. The molecular formula is C18H17F3INO2S. The molecule has 0 fully saturated rings. The molecule has 0 radical (unpaired) electrons. The molecule has 0 bridgehead atoms. The van der Waals surface area contributed by atoms with E-state index in [0.717, 1.165) is 9.64 Å². The van der Waals surface area contributed by atoms with E-state index >= 15 is 0 Å². The summed E-state index contributed by atoms with van der Waals surface area (Å²) in [6.45, 7) is 1.77. The molecule has 2 aromatic carbocycles. The number of methoxy groups -OCH3 is 1. The molecule has 26 heavy (non-hydrogen) atoms. The molecule has 0 heterocycles. The summed E-state index contributed by atoms with van der Waals surface area (Å²) >= 11 is 7.09. The van der Waals surface area contributed by atoms with Crippen LogP contribution in [0.2, 0.25) is 0 Å². The van der Waals surface area contributed by atoms with Crippen LogP contribution in [-0.4, -0.2) is 12.3 Å². The molecule has 0 aromatic heterocycles. The van der Waals surface area contributed by atoms with Gasteiger partial charge in [0.1, 0.15) is 12.4 Å². The Balaban J connectivity index is 2.31. The van der Waals surface area contributed by atoms with Crippen molar-refractivity contribution < 1.29 is 22.6 Å². The molecule has 0 atom stereocenters. The second kappa shape index (κ2) is 8.90. The lowest BCUT2D eigenvalue weighted by Crippen LogP contribution is -2.14. The first-order valence-corrected chi connectivity index (χ1v) is 9.20. The zero-order valence-electron chi connectivity index (χ0n) is 14.1. The summed E-state index contributed by atoms with van der Waals surface area (Å²) in [7, 11) is 1.43. The number of halogens is 4. The number of aryl methyl sites for hydroxylation is 1. The molecule has 1 N–H and O–H groups in total. The van der Waals surface area contributed by atoms with Crippen LogP contribution in [0.3, 0.4) is 0 Å². The van der Waals surface area contributed by atoms with E-state index in [4.69, 9.17) is 21.7 Å². The van der Waals surface area contributed by atoms with E-state index in [2.05, 4.69) is 27.9 Å². The molecule has 0 spiro atoms. The fourth-order valence-electron chi connectivity index (χ4n) is 2.28. The monoisotopic (exact) mass is 495 g/mol. The minimum Gasteiger partial charge on any atom is -0.488 e. The summed E-state index contributed by atoms with van der Waals surface area (Å²) in [6, 6.07) is 9.54. The maximum absolute atomic E-state index is 13.3. The summed E-state index contributed by atoms with van der Waals surface area (Å²) in [5, 5.41) is 3.07. The van der Waals surface area contributed by atoms with Crippen LogP contribution in [-0.2, 0) is 23.9 Å². The van der Waals surface area contributed by atoms with Crippen LogP contribution in [0.25, 0.3) is 0 Å². The van der Waals surface area contributed by atoms with E-state index in [0.29, 0.717) is 23.2 Å². The van der Waals surface area contributed by atoms with Gasteiger partial charge in [0.25, 0.3) is 5.17 Å². The van der Waals surface area contributed by atoms with E-state index in [9.17, 15) is 13.2 Å². The summed E-state index contributed by atoms with van der Waals surface area (Å²) in [6.07, 6.45) is -3.97. The minimum atomic E-state index is -4.48. The van der Waals surface area contributed by atoms with Gasteiger partial charge in [-0.15, -0.1) is 0 Å². The number of hydrogen-bond acceptors (Lipinski definition) is 3. The van der Waals surface area contributed by atoms with Crippen molar-refractivity contribution in [3.05, 3.63) is 56.7 Å². The number of alkyl halides is 3. The molecule has 140 valence electrons. The highest BCUT2D eigenvalue weighted by Gasteiger charge is 2.34. The lowest BCUT2D eigenvalue weighted by molar-refractivity contribution is -0.139. The molecule has 0 amide bonds. The summed E-state index contributed by atoms with van der Waals surface area (Å²) in [5.74, 6) is -0.199. The van der Waals surface area contributed by atoms with Crippen LogP contribution < -0.4 is 10.1 Å². The van der Waals surface area contributed by atoms with Crippen molar-refractivity contribution in [2.45, 2.75) is 26.1 Å². The van der Waals surface area contributed by atoms with Gasteiger partial charge in [-0.1, -0.05) is 19.1 Å². The zero-order valence-corrected chi connectivity index (χ0v) is 17.1. The second-order valence-electron chi connectivity index (χ2n) is 5.35. The Morgan fingerprint density at radius 2 is 1.96 bits per heavy atom. The molecule has 2 aromatic rings. The first-order valence-electron chi connectivity index (χ1n) is 7.71. The molecule has 0 aliphatic heterocycles. The van der Waals surface area contributed by atoms with E-state index in [-0.39, 0.29) is 17.5 Å². The van der Waals surface area contributed by atoms with Gasteiger partial charge in [-0.3, -0.25) is 0 Å². The molecule has 0 aliphatic rings. The number of benzene rings is 2. The summed E-state index contributed by atoms with van der Waals surface area (Å²) < 4.78 is 51.3. The lowest BCUT2D eigenvalue weighted by atomic mass is 10.1. The van der Waals surface area contributed by atoms with E-state index in [1.807, 2.05) is 12.1 Å². The van der Waals surface area contributed by atoms with Crippen LogP contribution in [0, 0.1) is 3.57 Å². The molecule has 3 nitrogen and oxygen atoms in total. The Labute approximate surface area is 169 Å². The molecule has 8 heteroatoms. The van der Waals surface area contributed by atoms with Gasteiger partial charge in [0.2, 0.25) is 0 Å². The zero-order chi connectivity index (χ0) is 19.3. The normalized spacial score (nSPS) is 11.2. The fourth-order valence-corrected chi connectivity index (χ4v) is 3.04. The highest BCUT2D eigenvalue weighted by molar-refractivity contribution is 14.1. The molecule has 0 saturated heterocycles. The molecule has 0 saturated carbocycles. The van der Waals surface area contributed by atoms with Gasteiger partial charge in [0, 0.05) is 14.8 Å². The van der Waals surface area contributed by atoms with E-state index < -0.39 is 11.7 Å². The van der Waals surface area contributed by atoms with Gasteiger partial charge >= 0.3 is 6.18 Å². The van der Waals surface area contributed by atoms with Crippen molar-refractivity contribution in [2.24, 2.45) is 0 Å². The van der Waals surface area contributed by atoms with Crippen LogP contribution >= 0.6 is 34.8 Å². The van der Waals surface area contributed by atoms with E-state index in [1.165, 1.54) is 13.2 Å². The standard InChI is InChI=1S/C18H17F3INO2S/c1-3-11-7-8-16(13(9-11)18(19,20)21)25-10-12-14(22)5-4-6-15(12)23-17(26)24-2/h4-9H,3,10H2,1-2H3,(H,23,26). The number of rotatable bonds is 5. The summed E-state index contributed by atoms with van der Waals surface area (Å²) in [4.78, 5) is 0. The van der Waals surface area contributed by atoms with Gasteiger partial charge in [0.15, 0.2) is 0 Å². The highest BCUT2D eigenvalue weighted by Crippen LogP contribution is 2.37. The Kier molecular flexibility index (Phi) is 7.10. The number of anilines is 1. The lowest BCUT2D eigenvalue weighted by Gasteiger charge is -2.18. The van der Waals surface area contributed by atoms with Gasteiger partial charge in [-0.25, -0.2) is 0 Å². The van der Waals surface area contributed by atoms with Crippen LogP contribution in [0.5, 0.6) is 5.75 Å². The predicted octanol–water partition coefficient (Wildman–Crippen LogP) is 5.79. The largest absolute Gasteiger partial charge is 0.488 e. The Morgan fingerprint density at radius 3 is 2.58 bits per heavy atom. The third kappa shape index (κ3) is 5.23. The first-order chi connectivity index (χ1) is 12.3. The predicted molar refractivity (Wildman–Crippen MR) is 108 cm³/mol. The van der Waals surface area contributed by atoms with Gasteiger partial charge in [-0.2, -0.15) is 13.2 Å². The third-order valence-electron chi connectivity index (χ3n) is 3.67. The average molecular weight is 495 g/mol. The molecule has 0 aliphatic carbocycles. The molecule has 0 unspecified atom stereocenters. The maximum atomic E-state index is 13.3. The van der Waals surface area contributed by atoms with E-state index in [1.54, 1.807) is 19.1 Å². The van der Waals surface area contributed by atoms with Gasteiger partial charge < -0.3 is 14.8 Å². The van der Waals surface area contributed by atoms with Crippen molar-refractivity contribution in [3.8, 4) is 5.75 Å². The Bertz CT molecular complexity index is 796. The fraction of sp³-hybridized carbons (Fsp3) is 0.278.